The number of methoxy groups -OCH3 is 2. The molecule has 1 amide bonds. The fourth-order valence-electron chi connectivity index (χ4n) is 3.45. The lowest BCUT2D eigenvalue weighted by atomic mass is 10.0. The standard InChI is InChI=1S/C26H26N2O4/c1-16(2)18-7-10-24-23(14-18)28-25(32-24)11-17-5-8-20(9-6-17)27-26(29)19-12-21(30-3)15-22(13-19)31-4/h5-10,12-16H,11H2,1-4H3,(H,27,29). The van der Waals surface area contributed by atoms with Gasteiger partial charge in [0.05, 0.1) is 14.2 Å². The summed E-state index contributed by atoms with van der Waals surface area (Å²) in [7, 11) is 3.10. The summed E-state index contributed by atoms with van der Waals surface area (Å²) in [4.78, 5) is 17.3. The minimum absolute atomic E-state index is 0.241. The summed E-state index contributed by atoms with van der Waals surface area (Å²) < 4.78 is 16.4. The highest BCUT2D eigenvalue weighted by Gasteiger charge is 2.12. The number of fused-ring (bicyclic) bond motifs is 1. The number of rotatable bonds is 7. The number of nitrogens with zero attached hydrogens (tertiary/aromatic N) is 1. The quantitative estimate of drug-likeness (QED) is 0.400. The zero-order valence-corrected chi connectivity index (χ0v) is 18.6. The zero-order chi connectivity index (χ0) is 22.7. The summed E-state index contributed by atoms with van der Waals surface area (Å²) in [5.41, 5.74) is 5.11. The van der Waals surface area contributed by atoms with Crippen LogP contribution in [-0.4, -0.2) is 25.1 Å². The van der Waals surface area contributed by atoms with E-state index in [9.17, 15) is 4.79 Å². The van der Waals surface area contributed by atoms with Gasteiger partial charge in [-0.2, -0.15) is 0 Å². The van der Waals surface area contributed by atoms with Gasteiger partial charge in [-0.3, -0.25) is 4.79 Å². The van der Waals surface area contributed by atoms with Gasteiger partial charge in [0.25, 0.3) is 5.91 Å². The molecule has 1 heterocycles. The van der Waals surface area contributed by atoms with Crippen LogP contribution in [0.5, 0.6) is 11.5 Å². The number of aromatic nitrogens is 1. The minimum Gasteiger partial charge on any atom is -0.497 e. The fourth-order valence-corrected chi connectivity index (χ4v) is 3.45. The van der Waals surface area contributed by atoms with Crippen molar-refractivity contribution in [2.75, 3.05) is 19.5 Å². The van der Waals surface area contributed by atoms with Crippen LogP contribution >= 0.6 is 0 Å². The van der Waals surface area contributed by atoms with Crippen molar-refractivity contribution in [1.29, 1.82) is 0 Å². The maximum absolute atomic E-state index is 12.7. The third-order valence-corrected chi connectivity index (χ3v) is 5.30. The van der Waals surface area contributed by atoms with Gasteiger partial charge < -0.3 is 19.2 Å². The van der Waals surface area contributed by atoms with E-state index in [1.807, 2.05) is 30.3 Å². The molecule has 164 valence electrons. The van der Waals surface area contributed by atoms with Gasteiger partial charge in [-0.1, -0.05) is 32.0 Å². The molecule has 32 heavy (non-hydrogen) atoms. The molecule has 0 saturated heterocycles. The van der Waals surface area contributed by atoms with Crippen molar-refractivity contribution in [3.8, 4) is 11.5 Å². The molecule has 4 aromatic rings. The second kappa shape index (κ2) is 9.14. The Bertz CT molecular complexity index is 1220. The Morgan fingerprint density at radius 1 is 0.969 bits per heavy atom. The van der Waals surface area contributed by atoms with Crippen LogP contribution in [0.4, 0.5) is 5.69 Å². The first-order valence-electron chi connectivity index (χ1n) is 10.5. The van der Waals surface area contributed by atoms with Crippen LogP contribution < -0.4 is 14.8 Å². The zero-order valence-electron chi connectivity index (χ0n) is 18.6. The van der Waals surface area contributed by atoms with Crippen LogP contribution in [-0.2, 0) is 6.42 Å². The largest absolute Gasteiger partial charge is 0.497 e. The molecule has 0 aliphatic heterocycles. The topological polar surface area (TPSA) is 73.6 Å². The number of hydrogen-bond acceptors (Lipinski definition) is 5. The van der Waals surface area contributed by atoms with Gasteiger partial charge in [0.1, 0.15) is 17.0 Å². The summed E-state index contributed by atoms with van der Waals surface area (Å²) in [5, 5.41) is 2.90. The third-order valence-electron chi connectivity index (χ3n) is 5.30. The van der Waals surface area contributed by atoms with Crippen molar-refractivity contribution in [1.82, 2.24) is 4.98 Å². The van der Waals surface area contributed by atoms with Crippen molar-refractivity contribution in [3.05, 3.63) is 83.2 Å². The van der Waals surface area contributed by atoms with Crippen LogP contribution in [0.1, 0.15) is 47.1 Å². The number of anilines is 1. The second-order valence-electron chi connectivity index (χ2n) is 7.92. The highest BCUT2D eigenvalue weighted by molar-refractivity contribution is 6.04. The van der Waals surface area contributed by atoms with Crippen molar-refractivity contribution in [2.45, 2.75) is 26.2 Å². The summed E-state index contributed by atoms with van der Waals surface area (Å²) in [6.45, 7) is 4.32. The Hall–Kier alpha value is -3.80. The number of amides is 1. The van der Waals surface area contributed by atoms with E-state index in [4.69, 9.17) is 13.9 Å². The van der Waals surface area contributed by atoms with Gasteiger partial charge in [0.2, 0.25) is 0 Å². The smallest absolute Gasteiger partial charge is 0.255 e. The molecule has 0 bridgehead atoms. The predicted octanol–water partition coefficient (Wildman–Crippen LogP) is 5.81. The van der Waals surface area contributed by atoms with Crippen LogP contribution in [0, 0.1) is 0 Å². The van der Waals surface area contributed by atoms with Gasteiger partial charge in [0.15, 0.2) is 11.5 Å². The second-order valence-corrected chi connectivity index (χ2v) is 7.92. The molecule has 0 fully saturated rings. The summed E-state index contributed by atoms with van der Waals surface area (Å²) in [5.74, 6) is 1.99. The molecule has 0 spiro atoms. The predicted molar refractivity (Wildman–Crippen MR) is 125 cm³/mol. The molecule has 1 aromatic heterocycles. The minimum atomic E-state index is -0.241. The molecule has 0 unspecified atom stereocenters. The number of oxazole rings is 1. The molecule has 3 aromatic carbocycles. The first kappa shape index (κ1) is 21.4. The lowest BCUT2D eigenvalue weighted by Gasteiger charge is -2.09. The summed E-state index contributed by atoms with van der Waals surface area (Å²) in [6, 6.07) is 18.8. The SMILES string of the molecule is COc1cc(OC)cc(C(=O)Nc2ccc(Cc3nc4cc(C(C)C)ccc4o3)cc2)c1. The Morgan fingerprint density at radius 2 is 1.66 bits per heavy atom. The van der Waals surface area contributed by atoms with Crippen LogP contribution in [0.2, 0.25) is 0 Å². The molecule has 6 heteroatoms. The molecule has 0 radical (unpaired) electrons. The van der Waals surface area contributed by atoms with E-state index < -0.39 is 0 Å². The van der Waals surface area contributed by atoms with Gasteiger partial charge in [-0.25, -0.2) is 4.98 Å². The fraction of sp³-hybridized carbons (Fsp3) is 0.231. The van der Waals surface area contributed by atoms with Gasteiger partial charge in [0, 0.05) is 23.7 Å². The number of ether oxygens (including phenoxy) is 2. The molecule has 0 aliphatic carbocycles. The number of benzene rings is 3. The molecular formula is C26H26N2O4. The molecule has 0 atom stereocenters. The maximum Gasteiger partial charge on any atom is 0.255 e. The number of nitrogens with one attached hydrogen (secondary N) is 1. The van der Waals surface area contributed by atoms with E-state index in [2.05, 4.69) is 36.3 Å². The highest BCUT2D eigenvalue weighted by atomic mass is 16.5. The van der Waals surface area contributed by atoms with E-state index in [-0.39, 0.29) is 5.91 Å². The van der Waals surface area contributed by atoms with E-state index in [1.165, 1.54) is 5.56 Å². The van der Waals surface area contributed by atoms with E-state index in [0.717, 1.165) is 16.7 Å². The Kier molecular flexibility index (Phi) is 6.12. The lowest BCUT2D eigenvalue weighted by molar-refractivity contribution is 0.102. The first-order valence-corrected chi connectivity index (χ1v) is 10.5. The van der Waals surface area contributed by atoms with E-state index >= 15 is 0 Å². The molecule has 0 saturated carbocycles. The van der Waals surface area contributed by atoms with Crippen LogP contribution in [0.25, 0.3) is 11.1 Å². The first-order chi connectivity index (χ1) is 15.4. The highest BCUT2D eigenvalue weighted by Crippen LogP contribution is 2.25. The number of carbonyl (C=O) groups excluding carboxylic acids is 1. The van der Waals surface area contributed by atoms with Gasteiger partial charge in [-0.05, 0) is 53.4 Å². The van der Waals surface area contributed by atoms with Crippen molar-refractivity contribution < 1.29 is 18.7 Å². The van der Waals surface area contributed by atoms with E-state index in [0.29, 0.717) is 41.0 Å². The van der Waals surface area contributed by atoms with Crippen molar-refractivity contribution in [2.24, 2.45) is 0 Å². The Labute approximate surface area is 187 Å². The van der Waals surface area contributed by atoms with Crippen molar-refractivity contribution in [3.63, 3.8) is 0 Å². The third kappa shape index (κ3) is 4.75. The summed E-state index contributed by atoms with van der Waals surface area (Å²) >= 11 is 0. The average molecular weight is 431 g/mol. The normalized spacial score (nSPS) is 11.0. The number of hydrogen-bond donors (Lipinski definition) is 1. The lowest BCUT2D eigenvalue weighted by Crippen LogP contribution is -2.12. The number of carbonyl (C=O) groups is 1. The van der Waals surface area contributed by atoms with Crippen LogP contribution in [0.3, 0.4) is 0 Å². The van der Waals surface area contributed by atoms with Crippen molar-refractivity contribution >= 4 is 22.7 Å². The maximum atomic E-state index is 12.7. The molecule has 0 aliphatic rings. The monoisotopic (exact) mass is 430 g/mol. The molecular weight excluding hydrogens is 404 g/mol. The Balaban J connectivity index is 1.45. The van der Waals surface area contributed by atoms with Gasteiger partial charge in [-0.15, -0.1) is 0 Å². The summed E-state index contributed by atoms with van der Waals surface area (Å²) in [6.07, 6.45) is 0.576. The van der Waals surface area contributed by atoms with Gasteiger partial charge >= 0.3 is 0 Å². The molecule has 4 rings (SSSR count). The van der Waals surface area contributed by atoms with E-state index in [1.54, 1.807) is 32.4 Å². The average Bonchev–Trinajstić information content (AvgIpc) is 3.21. The Morgan fingerprint density at radius 3 is 2.28 bits per heavy atom. The van der Waals surface area contributed by atoms with Crippen LogP contribution in [0.15, 0.2) is 65.1 Å². The molecule has 1 N–H and O–H groups in total. The molecule has 6 nitrogen and oxygen atoms in total.